The van der Waals surface area contributed by atoms with Crippen LogP contribution in [0, 0.1) is 0 Å². The van der Waals surface area contributed by atoms with Crippen LogP contribution in [0.3, 0.4) is 0 Å². The summed E-state index contributed by atoms with van der Waals surface area (Å²) >= 11 is 0. The zero-order valence-corrected chi connectivity index (χ0v) is 11.4. The highest BCUT2D eigenvalue weighted by Gasteiger charge is 2.27. The van der Waals surface area contributed by atoms with Crippen LogP contribution in [0.5, 0.6) is 0 Å². The Bertz CT molecular complexity index is 517. The fourth-order valence-corrected chi connectivity index (χ4v) is 2.28. The van der Waals surface area contributed by atoms with E-state index in [1.54, 1.807) is 12.7 Å². The highest BCUT2D eigenvalue weighted by atomic mass is 16.5. The molecular formula is C13H19N5O. The SMILES string of the molecule is CC(CN(C)Cc1cc(C2CC2)on1)n1cncn1. The molecule has 1 aliphatic rings. The number of hydrogen-bond donors (Lipinski definition) is 0. The summed E-state index contributed by atoms with van der Waals surface area (Å²) in [6.07, 6.45) is 5.80. The average molecular weight is 261 g/mol. The topological polar surface area (TPSA) is 60.0 Å². The molecule has 1 atom stereocenters. The second kappa shape index (κ2) is 5.13. The number of nitrogens with zero attached hydrogens (tertiary/aromatic N) is 5. The molecule has 0 bridgehead atoms. The molecule has 6 nitrogen and oxygen atoms in total. The molecule has 0 radical (unpaired) electrons. The maximum Gasteiger partial charge on any atom is 0.140 e. The van der Waals surface area contributed by atoms with Crippen LogP contribution in [0.4, 0.5) is 0 Å². The molecule has 19 heavy (non-hydrogen) atoms. The van der Waals surface area contributed by atoms with E-state index in [9.17, 15) is 0 Å². The minimum atomic E-state index is 0.294. The summed E-state index contributed by atoms with van der Waals surface area (Å²) in [5, 5.41) is 8.29. The normalized spacial score (nSPS) is 17.0. The molecule has 6 heteroatoms. The van der Waals surface area contributed by atoms with Crippen molar-refractivity contribution in [3.05, 3.63) is 30.2 Å². The first-order chi connectivity index (χ1) is 9.22. The molecule has 0 N–H and O–H groups in total. The molecule has 2 aromatic heterocycles. The van der Waals surface area contributed by atoms with Gasteiger partial charge < -0.3 is 4.52 Å². The Hall–Kier alpha value is -1.69. The van der Waals surface area contributed by atoms with Crippen molar-refractivity contribution < 1.29 is 4.52 Å². The fraction of sp³-hybridized carbons (Fsp3) is 0.615. The van der Waals surface area contributed by atoms with Gasteiger partial charge in [0.25, 0.3) is 0 Å². The van der Waals surface area contributed by atoms with Crippen molar-refractivity contribution in [1.29, 1.82) is 0 Å². The number of rotatable bonds is 6. The fourth-order valence-electron chi connectivity index (χ4n) is 2.28. The van der Waals surface area contributed by atoms with Gasteiger partial charge in [0.2, 0.25) is 0 Å². The van der Waals surface area contributed by atoms with E-state index in [1.807, 2.05) is 4.68 Å². The predicted molar refractivity (Wildman–Crippen MR) is 69.5 cm³/mol. The molecule has 1 saturated carbocycles. The molecule has 1 fully saturated rings. The van der Waals surface area contributed by atoms with Gasteiger partial charge in [0.15, 0.2) is 0 Å². The molecule has 2 aromatic rings. The molecule has 0 saturated heterocycles. The molecule has 0 spiro atoms. The van der Waals surface area contributed by atoms with Gasteiger partial charge >= 0.3 is 0 Å². The predicted octanol–water partition coefficient (Wildman–Crippen LogP) is 1.84. The van der Waals surface area contributed by atoms with Gasteiger partial charge in [0.05, 0.1) is 11.7 Å². The lowest BCUT2D eigenvalue weighted by atomic mass is 10.2. The van der Waals surface area contributed by atoms with E-state index in [0.717, 1.165) is 24.5 Å². The molecule has 1 aliphatic carbocycles. The third-order valence-corrected chi connectivity index (χ3v) is 3.45. The van der Waals surface area contributed by atoms with E-state index < -0.39 is 0 Å². The molecule has 2 heterocycles. The van der Waals surface area contributed by atoms with Crippen molar-refractivity contribution in [2.45, 2.75) is 38.3 Å². The monoisotopic (exact) mass is 261 g/mol. The zero-order valence-electron chi connectivity index (χ0n) is 11.4. The summed E-state index contributed by atoms with van der Waals surface area (Å²) in [5.41, 5.74) is 1.01. The van der Waals surface area contributed by atoms with Gasteiger partial charge in [-0.3, -0.25) is 4.90 Å². The van der Waals surface area contributed by atoms with E-state index in [0.29, 0.717) is 12.0 Å². The van der Waals surface area contributed by atoms with Gasteiger partial charge in [-0.15, -0.1) is 0 Å². The van der Waals surface area contributed by atoms with Gasteiger partial charge in [0, 0.05) is 25.1 Å². The molecule has 0 aromatic carbocycles. The summed E-state index contributed by atoms with van der Waals surface area (Å²) in [6, 6.07) is 2.39. The Morgan fingerprint density at radius 1 is 1.53 bits per heavy atom. The molecule has 0 aliphatic heterocycles. The first-order valence-corrected chi connectivity index (χ1v) is 6.70. The zero-order chi connectivity index (χ0) is 13.2. The highest BCUT2D eigenvalue weighted by Crippen LogP contribution is 2.40. The Kier molecular flexibility index (Phi) is 3.33. The molecule has 102 valence electrons. The van der Waals surface area contributed by atoms with Crippen molar-refractivity contribution >= 4 is 0 Å². The quantitative estimate of drug-likeness (QED) is 0.794. The third-order valence-electron chi connectivity index (χ3n) is 3.45. The lowest BCUT2D eigenvalue weighted by molar-refractivity contribution is 0.260. The van der Waals surface area contributed by atoms with E-state index in [2.05, 4.69) is 40.2 Å². The summed E-state index contributed by atoms with van der Waals surface area (Å²) in [5.74, 6) is 1.67. The van der Waals surface area contributed by atoms with E-state index in [-0.39, 0.29) is 0 Å². The summed E-state index contributed by atoms with van der Waals surface area (Å²) in [7, 11) is 2.08. The van der Waals surface area contributed by atoms with Gasteiger partial charge in [0.1, 0.15) is 18.4 Å². The third kappa shape index (κ3) is 3.01. The number of hydrogen-bond acceptors (Lipinski definition) is 5. The summed E-state index contributed by atoms with van der Waals surface area (Å²) in [6.45, 7) is 3.83. The second-order valence-electron chi connectivity index (χ2n) is 5.42. The van der Waals surface area contributed by atoms with E-state index in [4.69, 9.17) is 4.52 Å². The first-order valence-electron chi connectivity index (χ1n) is 6.70. The van der Waals surface area contributed by atoms with Gasteiger partial charge in [-0.05, 0) is 26.8 Å². The van der Waals surface area contributed by atoms with Crippen LogP contribution < -0.4 is 0 Å². The van der Waals surface area contributed by atoms with Crippen molar-refractivity contribution in [3.63, 3.8) is 0 Å². The summed E-state index contributed by atoms with van der Waals surface area (Å²) in [4.78, 5) is 6.19. The van der Waals surface area contributed by atoms with Crippen LogP contribution in [0.2, 0.25) is 0 Å². The minimum Gasteiger partial charge on any atom is -0.361 e. The average Bonchev–Trinajstić information content (AvgIpc) is 2.91. The van der Waals surface area contributed by atoms with Crippen LogP contribution in [0.15, 0.2) is 23.2 Å². The molecule has 0 amide bonds. The van der Waals surface area contributed by atoms with Crippen molar-refractivity contribution in [2.24, 2.45) is 0 Å². The molecule has 1 unspecified atom stereocenters. The Labute approximate surface area is 112 Å². The molecule has 3 rings (SSSR count). The van der Waals surface area contributed by atoms with Crippen LogP contribution >= 0.6 is 0 Å². The van der Waals surface area contributed by atoms with Crippen LogP contribution in [0.1, 0.15) is 43.2 Å². The molecular weight excluding hydrogens is 242 g/mol. The highest BCUT2D eigenvalue weighted by molar-refractivity contribution is 5.14. The maximum absolute atomic E-state index is 5.36. The van der Waals surface area contributed by atoms with Crippen molar-refractivity contribution in [2.75, 3.05) is 13.6 Å². The maximum atomic E-state index is 5.36. The Balaban J connectivity index is 1.53. The largest absolute Gasteiger partial charge is 0.361 e. The van der Waals surface area contributed by atoms with Gasteiger partial charge in [-0.1, -0.05) is 5.16 Å². The number of aromatic nitrogens is 4. The summed E-state index contributed by atoms with van der Waals surface area (Å²) < 4.78 is 7.23. The Morgan fingerprint density at radius 2 is 2.37 bits per heavy atom. The van der Waals surface area contributed by atoms with Crippen LogP contribution in [0.25, 0.3) is 0 Å². The first kappa shape index (κ1) is 12.3. The Morgan fingerprint density at radius 3 is 3.05 bits per heavy atom. The minimum absolute atomic E-state index is 0.294. The van der Waals surface area contributed by atoms with Crippen molar-refractivity contribution in [3.8, 4) is 0 Å². The standard InChI is InChI=1S/C13H19N5O/c1-10(18-9-14-8-15-18)6-17(2)7-12-5-13(19-16-12)11-3-4-11/h5,8-11H,3-4,6-7H2,1-2H3. The lowest BCUT2D eigenvalue weighted by Crippen LogP contribution is -2.26. The van der Waals surface area contributed by atoms with E-state index in [1.165, 1.54) is 12.8 Å². The van der Waals surface area contributed by atoms with E-state index >= 15 is 0 Å². The van der Waals surface area contributed by atoms with Crippen LogP contribution in [-0.2, 0) is 6.54 Å². The van der Waals surface area contributed by atoms with Gasteiger partial charge in [-0.2, -0.15) is 5.10 Å². The smallest absolute Gasteiger partial charge is 0.140 e. The van der Waals surface area contributed by atoms with Crippen molar-refractivity contribution in [1.82, 2.24) is 24.8 Å². The van der Waals surface area contributed by atoms with Gasteiger partial charge in [-0.25, -0.2) is 9.67 Å². The lowest BCUT2D eigenvalue weighted by Gasteiger charge is -2.20. The number of likely N-dealkylation sites (N-methyl/N-ethyl adjacent to an activating group) is 1. The van der Waals surface area contributed by atoms with Crippen LogP contribution in [-0.4, -0.2) is 38.4 Å². The second-order valence-corrected chi connectivity index (χ2v) is 5.42.